The summed E-state index contributed by atoms with van der Waals surface area (Å²) in [5.74, 6) is 0. The minimum Gasteiger partial charge on any atom is -0.313 e. The molecule has 0 heterocycles. The maximum absolute atomic E-state index is 12.7. The Balaban J connectivity index is 2.77. The van der Waals surface area contributed by atoms with E-state index in [2.05, 4.69) is 5.32 Å². The van der Waals surface area contributed by atoms with Crippen LogP contribution in [0.1, 0.15) is 30.9 Å². The molecule has 0 aliphatic heterocycles. The lowest BCUT2D eigenvalue weighted by Gasteiger charge is -2.13. The molecule has 0 radical (unpaired) electrons. The summed E-state index contributed by atoms with van der Waals surface area (Å²) in [5.41, 5.74) is -0.424. The molecule has 0 bridgehead atoms. The molecule has 17 heavy (non-hydrogen) atoms. The first-order chi connectivity index (χ1) is 7.95. The Kier molecular flexibility index (Phi) is 5.28. The van der Waals surface area contributed by atoms with Gasteiger partial charge in [-0.25, -0.2) is 0 Å². The largest absolute Gasteiger partial charge is 0.416 e. The first-order valence-corrected chi connectivity index (χ1v) is 5.89. The van der Waals surface area contributed by atoms with E-state index in [1.165, 1.54) is 12.1 Å². The lowest BCUT2D eigenvalue weighted by molar-refractivity contribution is -0.138. The molecular formula is C12H15ClF3N. The molecule has 0 saturated carbocycles. The van der Waals surface area contributed by atoms with Crippen LogP contribution in [0.15, 0.2) is 18.2 Å². The van der Waals surface area contributed by atoms with Gasteiger partial charge in [-0.15, -0.1) is 0 Å². The van der Waals surface area contributed by atoms with E-state index in [4.69, 9.17) is 11.6 Å². The van der Waals surface area contributed by atoms with Crippen LogP contribution in [0, 0.1) is 0 Å². The van der Waals surface area contributed by atoms with Gasteiger partial charge in [-0.1, -0.05) is 31.0 Å². The van der Waals surface area contributed by atoms with Gasteiger partial charge in [0.15, 0.2) is 0 Å². The molecule has 0 unspecified atom stereocenters. The van der Waals surface area contributed by atoms with Gasteiger partial charge in [-0.2, -0.15) is 13.2 Å². The highest BCUT2D eigenvalue weighted by Gasteiger charge is 2.33. The molecule has 0 spiro atoms. The molecule has 1 nitrogen and oxygen atoms in total. The molecule has 0 aromatic heterocycles. The van der Waals surface area contributed by atoms with Gasteiger partial charge in [0.25, 0.3) is 0 Å². The summed E-state index contributed by atoms with van der Waals surface area (Å²) < 4.78 is 38.2. The number of unbranched alkanes of at least 4 members (excludes halogenated alkanes) is 1. The Labute approximate surface area is 104 Å². The van der Waals surface area contributed by atoms with E-state index in [1.54, 1.807) is 0 Å². The molecule has 0 atom stereocenters. The second-order valence-electron chi connectivity index (χ2n) is 3.83. The highest BCUT2D eigenvalue weighted by Crippen LogP contribution is 2.33. The molecule has 1 aromatic rings. The Morgan fingerprint density at radius 1 is 1.29 bits per heavy atom. The predicted molar refractivity (Wildman–Crippen MR) is 63.1 cm³/mol. The van der Waals surface area contributed by atoms with Gasteiger partial charge in [-0.3, -0.25) is 0 Å². The normalized spacial score (nSPS) is 11.8. The first-order valence-electron chi connectivity index (χ1n) is 5.51. The summed E-state index contributed by atoms with van der Waals surface area (Å²) in [7, 11) is 0. The summed E-state index contributed by atoms with van der Waals surface area (Å²) >= 11 is 5.59. The third kappa shape index (κ3) is 4.56. The minimum absolute atomic E-state index is 0.106. The van der Waals surface area contributed by atoms with Crippen molar-refractivity contribution in [1.82, 2.24) is 5.32 Å². The first kappa shape index (κ1) is 14.3. The summed E-state index contributed by atoms with van der Waals surface area (Å²) in [6, 6.07) is 3.87. The SMILES string of the molecule is CCCCNCc1ccc(Cl)cc1C(F)(F)F. The van der Waals surface area contributed by atoms with Crippen molar-refractivity contribution in [2.75, 3.05) is 6.54 Å². The van der Waals surface area contributed by atoms with Gasteiger partial charge in [-0.05, 0) is 30.7 Å². The summed E-state index contributed by atoms with van der Waals surface area (Å²) in [6.07, 6.45) is -2.39. The second-order valence-corrected chi connectivity index (χ2v) is 4.27. The van der Waals surface area contributed by atoms with Crippen LogP contribution in [0.4, 0.5) is 13.2 Å². The van der Waals surface area contributed by atoms with E-state index < -0.39 is 11.7 Å². The molecule has 0 aliphatic carbocycles. The van der Waals surface area contributed by atoms with Gasteiger partial charge in [0.2, 0.25) is 0 Å². The Morgan fingerprint density at radius 2 is 2.00 bits per heavy atom. The van der Waals surface area contributed by atoms with Crippen LogP contribution in [0.25, 0.3) is 0 Å². The average molecular weight is 266 g/mol. The van der Waals surface area contributed by atoms with Crippen LogP contribution in [0.5, 0.6) is 0 Å². The van der Waals surface area contributed by atoms with Crippen LogP contribution in [-0.4, -0.2) is 6.54 Å². The van der Waals surface area contributed by atoms with Crippen molar-refractivity contribution in [3.8, 4) is 0 Å². The van der Waals surface area contributed by atoms with E-state index >= 15 is 0 Å². The van der Waals surface area contributed by atoms with E-state index in [1.807, 2.05) is 6.92 Å². The van der Waals surface area contributed by atoms with Crippen molar-refractivity contribution in [3.05, 3.63) is 34.3 Å². The van der Waals surface area contributed by atoms with Gasteiger partial charge < -0.3 is 5.32 Å². The van der Waals surface area contributed by atoms with Crippen molar-refractivity contribution in [2.45, 2.75) is 32.5 Å². The number of halogens is 4. The summed E-state index contributed by atoms with van der Waals surface area (Å²) in [6.45, 7) is 2.97. The van der Waals surface area contributed by atoms with Crippen LogP contribution < -0.4 is 5.32 Å². The van der Waals surface area contributed by atoms with E-state index in [9.17, 15) is 13.2 Å². The quantitative estimate of drug-likeness (QED) is 0.785. The Hall–Kier alpha value is -0.740. The third-order valence-corrected chi connectivity index (χ3v) is 2.63. The zero-order valence-corrected chi connectivity index (χ0v) is 10.3. The monoisotopic (exact) mass is 265 g/mol. The molecule has 0 aliphatic rings. The van der Waals surface area contributed by atoms with Gasteiger partial charge in [0, 0.05) is 11.6 Å². The van der Waals surface area contributed by atoms with Gasteiger partial charge in [0.05, 0.1) is 5.56 Å². The molecule has 1 rings (SSSR count). The van der Waals surface area contributed by atoms with Gasteiger partial charge >= 0.3 is 6.18 Å². The number of alkyl halides is 3. The van der Waals surface area contributed by atoms with Crippen LogP contribution >= 0.6 is 11.6 Å². The summed E-state index contributed by atoms with van der Waals surface area (Å²) in [5, 5.41) is 3.10. The maximum atomic E-state index is 12.7. The van der Waals surface area contributed by atoms with E-state index in [0.29, 0.717) is 0 Å². The fourth-order valence-electron chi connectivity index (χ4n) is 1.49. The fourth-order valence-corrected chi connectivity index (χ4v) is 1.66. The third-order valence-electron chi connectivity index (χ3n) is 2.40. The average Bonchev–Trinajstić information content (AvgIpc) is 2.25. The fraction of sp³-hybridized carbons (Fsp3) is 0.500. The maximum Gasteiger partial charge on any atom is 0.416 e. The molecule has 0 fully saturated rings. The van der Waals surface area contributed by atoms with Crippen molar-refractivity contribution < 1.29 is 13.2 Å². The topological polar surface area (TPSA) is 12.0 Å². The number of nitrogens with one attached hydrogen (secondary N) is 1. The second kappa shape index (κ2) is 6.26. The van der Waals surface area contributed by atoms with Crippen molar-refractivity contribution in [3.63, 3.8) is 0 Å². The van der Waals surface area contributed by atoms with Crippen LogP contribution in [0.2, 0.25) is 5.02 Å². The molecular weight excluding hydrogens is 251 g/mol. The van der Waals surface area contributed by atoms with Crippen molar-refractivity contribution >= 4 is 11.6 Å². The number of hydrogen-bond acceptors (Lipinski definition) is 1. The predicted octanol–water partition coefficient (Wildman–Crippen LogP) is 4.25. The molecule has 1 N–H and O–H groups in total. The lowest BCUT2D eigenvalue weighted by atomic mass is 10.1. The lowest BCUT2D eigenvalue weighted by Crippen LogP contribution is -2.18. The van der Waals surface area contributed by atoms with Crippen LogP contribution in [-0.2, 0) is 12.7 Å². The van der Waals surface area contributed by atoms with Gasteiger partial charge in [0.1, 0.15) is 0 Å². The van der Waals surface area contributed by atoms with E-state index in [-0.39, 0.29) is 17.1 Å². The summed E-state index contributed by atoms with van der Waals surface area (Å²) in [4.78, 5) is 0. The Bertz CT molecular complexity index is 363. The number of benzene rings is 1. The number of rotatable bonds is 5. The minimum atomic E-state index is -4.35. The van der Waals surface area contributed by atoms with E-state index in [0.717, 1.165) is 25.5 Å². The molecule has 5 heteroatoms. The highest BCUT2D eigenvalue weighted by molar-refractivity contribution is 6.30. The zero-order chi connectivity index (χ0) is 12.9. The molecule has 0 saturated heterocycles. The molecule has 0 amide bonds. The van der Waals surface area contributed by atoms with Crippen LogP contribution in [0.3, 0.4) is 0 Å². The molecule has 96 valence electrons. The van der Waals surface area contributed by atoms with Crippen molar-refractivity contribution in [1.29, 1.82) is 0 Å². The zero-order valence-electron chi connectivity index (χ0n) is 9.57. The molecule has 1 aromatic carbocycles. The highest BCUT2D eigenvalue weighted by atomic mass is 35.5. The smallest absolute Gasteiger partial charge is 0.313 e. The number of hydrogen-bond donors (Lipinski definition) is 1. The standard InChI is InChI=1S/C12H15ClF3N/c1-2-3-6-17-8-9-4-5-10(13)7-11(9)12(14,15)16/h4-5,7,17H,2-3,6,8H2,1H3. The van der Waals surface area contributed by atoms with Crippen molar-refractivity contribution in [2.24, 2.45) is 0 Å². The Morgan fingerprint density at radius 3 is 2.59 bits per heavy atom.